The van der Waals surface area contributed by atoms with Crippen molar-refractivity contribution >= 4 is 17.6 Å². The fourth-order valence-corrected chi connectivity index (χ4v) is 3.41. The van der Waals surface area contributed by atoms with Crippen molar-refractivity contribution in [2.24, 2.45) is 0 Å². The number of benzene rings is 1. The number of rotatable bonds is 5. The van der Waals surface area contributed by atoms with Gasteiger partial charge in [0.25, 0.3) is 0 Å². The van der Waals surface area contributed by atoms with Gasteiger partial charge in [0.2, 0.25) is 0 Å². The summed E-state index contributed by atoms with van der Waals surface area (Å²) in [5.41, 5.74) is 4.23. The molecule has 29 heavy (non-hydrogen) atoms. The highest BCUT2D eigenvalue weighted by molar-refractivity contribution is 6.32. The predicted molar refractivity (Wildman–Crippen MR) is 108 cm³/mol. The molecule has 2 heterocycles. The molecule has 0 N–H and O–H groups in total. The Hall–Kier alpha value is -3.17. The first-order valence-electron chi connectivity index (χ1n) is 9.04. The molecule has 5 nitrogen and oxygen atoms in total. The monoisotopic (exact) mass is 411 g/mol. The second-order valence-corrected chi connectivity index (χ2v) is 6.94. The number of carbonyl (C=O) groups excluding carboxylic acids is 1. The van der Waals surface area contributed by atoms with Gasteiger partial charge in [0, 0.05) is 35.3 Å². The topological polar surface area (TPSA) is 67.9 Å². The van der Waals surface area contributed by atoms with E-state index in [1.807, 2.05) is 30.6 Å². The maximum atomic E-state index is 14.5. The van der Waals surface area contributed by atoms with Crippen LogP contribution in [0.15, 0.2) is 36.5 Å². The Balaban J connectivity index is 1.97. The van der Waals surface area contributed by atoms with Crippen LogP contribution in [0.2, 0.25) is 5.15 Å². The van der Waals surface area contributed by atoms with E-state index in [1.54, 1.807) is 31.3 Å². The van der Waals surface area contributed by atoms with Crippen molar-refractivity contribution in [1.29, 1.82) is 5.26 Å². The van der Waals surface area contributed by atoms with E-state index < -0.39 is 11.8 Å². The lowest BCUT2D eigenvalue weighted by Crippen LogP contribution is -2.09. The number of carbonyl (C=O) groups is 1. The van der Waals surface area contributed by atoms with E-state index in [4.69, 9.17) is 21.6 Å². The Kier molecular flexibility index (Phi) is 6.00. The molecule has 0 spiro atoms. The normalized spacial score (nSPS) is 10.6. The maximum Gasteiger partial charge on any atom is 0.341 e. The zero-order valence-electron chi connectivity index (χ0n) is 16.3. The molecule has 148 valence electrons. The molecule has 0 radical (unpaired) electrons. The van der Waals surface area contributed by atoms with Crippen molar-refractivity contribution in [3.8, 4) is 17.2 Å². The molecular weight excluding hydrogens is 393 g/mol. The minimum atomic E-state index is -0.520. The van der Waals surface area contributed by atoms with Gasteiger partial charge in [-0.3, -0.25) is 0 Å². The lowest BCUT2D eigenvalue weighted by molar-refractivity contribution is 0.0526. The zero-order chi connectivity index (χ0) is 21.1. The van der Waals surface area contributed by atoms with E-state index in [0.29, 0.717) is 12.1 Å². The fraction of sp³-hybridized carbons (Fsp3) is 0.227. The van der Waals surface area contributed by atoms with Gasteiger partial charge in [-0.1, -0.05) is 17.7 Å². The first-order valence-corrected chi connectivity index (χ1v) is 9.41. The zero-order valence-corrected chi connectivity index (χ0v) is 17.0. The molecule has 0 saturated heterocycles. The van der Waals surface area contributed by atoms with Crippen molar-refractivity contribution in [2.75, 3.05) is 6.61 Å². The number of aryl methyl sites for hydroxylation is 1. The molecule has 0 unspecified atom stereocenters. The van der Waals surface area contributed by atoms with Crippen molar-refractivity contribution in [3.63, 3.8) is 0 Å². The van der Waals surface area contributed by atoms with Crippen LogP contribution in [-0.4, -0.2) is 22.1 Å². The molecule has 0 aliphatic carbocycles. The van der Waals surface area contributed by atoms with E-state index in [2.05, 4.69) is 4.98 Å². The highest BCUT2D eigenvalue weighted by Gasteiger charge is 2.17. The van der Waals surface area contributed by atoms with Crippen molar-refractivity contribution < 1.29 is 13.9 Å². The quantitative estimate of drug-likeness (QED) is 0.435. The third kappa shape index (κ3) is 4.15. The Morgan fingerprint density at radius 2 is 2.03 bits per heavy atom. The predicted octanol–water partition coefficient (Wildman–Crippen LogP) is 5.06. The van der Waals surface area contributed by atoms with Crippen LogP contribution in [0.5, 0.6) is 0 Å². The summed E-state index contributed by atoms with van der Waals surface area (Å²) < 4.78 is 21.5. The minimum Gasteiger partial charge on any atom is -0.462 e. The third-order valence-corrected chi connectivity index (χ3v) is 4.99. The van der Waals surface area contributed by atoms with Crippen LogP contribution < -0.4 is 0 Å². The van der Waals surface area contributed by atoms with Gasteiger partial charge in [-0.15, -0.1) is 0 Å². The molecule has 7 heteroatoms. The summed E-state index contributed by atoms with van der Waals surface area (Å²) in [5.74, 6) is -0.963. The average molecular weight is 412 g/mol. The van der Waals surface area contributed by atoms with Crippen LogP contribution in [0.1, 0.15) is 39.8 Å². The van der Waals surface area contributed by atoms with Gasteiger partial charge >= 0.3 is 5.97 Å². The lowest BCUT2D eigenvalue weighted by atomic mass is 10.0. The van der Waals surface area contributed by atoms with E-state index in [-0.39, 0.29) is 22.9 Å². The van der Waals surface area contributed by atoms with Crippen LogP contribution in [0.3, 0.4) is 0 Å². The highest BCUT2D eigenvalue weighted by atomic mass is 35.5. The number of esters is 1. The number of aromatic nitrogens is 2. The van der Waals surface area contributed by atoms with Crippen LogP contribution in [-0.2, 0) is 11.3 Å². The number of nitriles is 1. The highest BCUT2D eigenvalue weighted by Crippen LogP contribution is 2.30. The van der Waals surface area contributed by atoms with Crippen molar-refractivity contribution in [1.82, 2.24) is 9.55 Å². The van der Waals surface area contributed by atoms with E-state index in [0.717, 1.165) is 22.5 Å². The summed E-state index contributed by atoms with van der Waals surface area (Å²) in [4.78, 5) is 16.2. The Morgan fingerprint density at radius 3 is 2.69 bits per heavy atom. The molecule has 0 amide bonds. The summed E-state index contributed by atoms with van der Waals surface area (Å²) in [6.07, 6.45) is 1.60. The summed E-state index contributed by atoms with van der Waals surface area (Å²) in [7, 11) is 0. The van der Waals surface area contributed by atoms with Crippen LogP contribution in [0.25, 0.3) is 11.1 Å². The van der Waals surface area contributed by atoms with Crippen molar-refractivity contribution in [2.45, 2.75) is 27.3 Å². The second kappa shape index (κ2) is 8.46. The van der Waals surface area contributed by atoms with E-state index in [1.165, 1.54) is 6.07 Å². The minimum absolute atomic E-state index is 0.0912. The van der Waals surface area contributed by atoms with Crippen LogP contribution in [0.4, 0.5) is 4.39 Å². The van der Waals surface area contributed by atoms with E-state index in [9.17, 15) is 9.18 Å². The summed E-state index contributed by atoms with van der Waals surface area (Å²) in [5, 5.41) is 9.03. The average Bonchev–Trinajstić information content (AvgIpc) is 2.97. The molecular formula is C22H19ClFN3O2. The van der Waals surface area contributed by atoms with Gasteiger partial charge in [0.05, 0.1) is 23.8 Å². The first-order chi connectivity index (χ1) is 13.8. The molecule has 0 bridgehead atoms. The maximum absolute atomic E-state index is 14.5. The lowest BCUT2D eigenvalue weighted by Gasteiger charge is -2.12. The third-order valence-electron chi connectivity index (χ3n) is 4.69. The molecule has 0 fully saturated rings. The summed E-state index contributed by atoms with van der Waals surface area (Å²) >= 11 is 6.04. The number of ether oxygens (including phenoxy) is 1. The number of hydrogen-bond donors (Lipinski definition) is 0. The van der Waals surface area contributed by atoms with Gasteiger partial charge in [0.1, 0.15) is 11.0 Å². The molecule has 0 aliphatic rings. The smallest absolute Gasteiger partial charge is 0.341 e. The largest absolute Gasteiger partial charge is 0.462 e. The Labute approximate surface area is 173 Å². The molecule has 1 aromatic carbocycles. The second-order valence-electron chi connectivity index (χ2n) is 6.58. The van der Waals surface area contributed by atoms with Gasteiger partial charge in [0.15, 0.2) is 0 Å². The molecule has 3 aromatic rings. The molecule has 3 rings (SSSR count). The van der Waals surface area contributed by atoms with Gasteiger partial charge in [-0.2, -0.15) is 5.26 Å². The standard InChI is InChI=1S/C22H19ClFN3O2/c1-4-29-22(28)19-8-16(11-26-21(19)23)12-27-13(2)7-18(14(27)3)17-6-5-15(10-25)9-20(17)24/h5-9,11H,4,12H2,1-3H3. The fourth-order valence-electron chi connectivity index (χ4n) is 3.23. The van der Waals surface area contributed by atoms with Gasteiger partial charge < -0.3 is 9.30 Å². The summed E-state index contributed by atoms with van der Waals surface area (Å²) in [6, 6.07) is 9.94. The van der Waals surface area contributed by atoms with Crippen LogP contribution >= 0.6 is 11.6 Å². The van der Waals surface area contributed by atoms with Crippen LogP contribution in [0, 0.1) is 31.0 Å². The molecule has 0 aliphatic heterocycles. The number of halogens is 2. The summed E-state index contributed by atoms with van der Waals surface area (Å²) in [6.45, 7) is 6.23. The van der Waals surface area contributed by atoms with Gasteiger partial charge in [-0.05, 0) is 50.6 Å². The molecule has 2 aromatic heterocycles. The number of pyridine rings is 1. The number of hydrogen-bond acceptors (Lipinski definition) is 4. The Morgan fingerprint density at radius 1 is 1.28 bits per heavy atom. The van der Waals surface area contributed by atoms with Gasteiger partial charge in [-0.25, -0.2) is 14.2 Å². The first kappa shape index (κ1) is 20.6. The SMILES string of the molecule is CCOC(=O)c1cc(Cn2c(C)cc(-c3ccc(C#N)cc3F)c2C)cnc1Cl. The van der Waals surface area contributed by atoms with E-state index >= 15 is 0 Å². The molecule has 0 saturated carbocycles. The number of nitrogens with zero attached hydrogens (tertiary/aromatic N) is 3. The molecule has 0 atom stereocenters. The Bertz CT molecular complexity index is 1130. The van der Waals surface area contributed by atoms with Crippen molar-refractivity contribution in [3.05, 3.63) is 75.6 Å².